The minimum atomic E-state index is -0.270. The minimum Gasteiger partial charge on any atom is -0.343 e. The van der Waals surface area contributed by atoms with Crippen LogP contribution in [0.2, 0.25) is 0 Å². The summed E-state index contributed by atoms with van der Waals surface area (Å²) in [5.41, 5.74) is 3.22. The van der Waals surface area contributed by atoms with Gasteiger partial charge in [-0.1, -0.05) is 0 Å². The van der Waals surface area contributed by atoms with Crippen LogP contribution in [0, 0.1) is 6.92 Å². The number of hydrogen-bond donors (Lipinski definition) is 2. The molecule has 2 heterocycles. The van der Waals surface area contributed by atoms with E-state index in [1.807, 2.05) is 20.0 Å². The molecular formula is C12H18N4O2S. The van der Waals surface area contributed by atoms with Crippen molar-refractivity contribution in [2.24, 2.45) is 5.84 Å². The molecule has 0 aliphatic carbocycles. The van der Waals surface area contributed by atoms with Crippen LogP contribution in [0.4, 0.5) is 0 Å². The van der Waals surface area contributed by atoms with Gasteiger partial charge in [0.15, 0.2) is 0 Å². The summed E-state index contributed by atoms with van der Waals surface area (Å²) in [5.74, 6) is 5.00. The van der Waals surface area contributed by atoms with E-state index in [9.17, 15) is 9.59 Å². The third-order valence-corrected chi connectivity index (χ3v) is 4.40. The number of carbonyl (C=O) groups is 2. The lowest BCUT2D eigenvalue weighted by Gasteiger charge is -2.31. The van der Waals surface area contributed by atoms with Gasteiger partial charge in [-0.05, 0) is 18.6 Å². The molecule has 0 atom stereocenters. The van der Waals surface area contributed by atoms with Crippen LogP contribution in [0.3, 0.4) is 0 Å². The lowest BCUT2D eigenvalue weighted by atomic mass is 10.2. The Hall–Kier alpha value is -1.44. The second-order valence-electron chi connectivity index (χ2n) is 4.69. The van der Waals surface area contributed by atoms with Gasteiger partial charge in [0.25, 0.3) is 5.91 Å². The van der Waals surface area contributed by atoms with Gasteiger partial charge in [0, 0.05) is 31.6 Å². The molecule has 3 N–H and O–H groups in total. The first-order chi connectivity index (χ1) is 9.01. The van der Waals surface area contributed by atoms with Crippen LogP contribution >= 0.6 is 11.3 Å². The average Bonchev–Trinajstić information content (AvgIpc) is 2.74. The maximum absolute atomic E-state index is 11.6. The number of nitrogens with two attached hydrogens (primary N) is 1. The molecule has 1 aromatic heterocycles. The number of piperazine rings is 1. The number of hydrogen-bond acceptors (Lipinski definition) is 5. The number of nitrogens with zero attached hydrogens (tertiary/aromatic N) is 2. The highest BCUT2D eigenvalue weighted by molar-refractivity contribution is 7.14. The van der Waals surface area contributed by atoms with E-state index >= 15 is 0 Å². The van der Waals surface area contributed by atoms with Gasteiger partial charge in [-0.3, -0.25) is 19.9 Å². The normalized spacial score (nSPS) is 16.8. The Bertz CT molecular complexity index is 500. The molecule has 6 nitrogen and oxygen atoms in total. The number of nitrogen functional groups attached to an aromatic ring is 1. The molecule has 1 aliphatic rings. The van der Waals surface area contributed by atoms with Gasteiger partial charge in [0.05, 0.1) is 11.4 Å². The van der Waals surface area contributed by atoms with Gasteiger partial charge in [0.2, 0.25) is 5.91 Å². The molecule has 19 heavy (non-hydrogen) atoms. The number of amides is 2. The molecule has 2 amide bonds. The van der Waals surface area contributed by atoms with Crippen molar-refractivity contribution in [3.63, 3.8) is 0 Å². The van der Waals surface area contributed by atoms with Gasteiger partial charge >= 0.3 is 0 Å². The van der Waals surface area contributed by atoms with Crippen molar-refractivity contribution in [2.75, 3.05) is 26.7 Å². The molecule has 0 radical (unpaired) electrons. The second kappa shape index (κ2) is 5.68. The summed E-state index contributed by atoms with van der Waals surface area (Å²) in [4.78, 5) is 28.6. The summed E-state index contributed by atoms with van der Waals surface area (Å²) in [6.45, 7) is 4.71. The molecule has 0 aromatic carbocycles. The van der Waals surface area contributed by atoms with Gasteiger partial charge in [-0.2, -0.15) is 0 Å². The van der Waals surface area contributed by atoms with Crippen LogP contribution < -0.4 is 11.3 Å². The Morgan fingerprint density at radius 2 is 2.26 bits per heavy atom. The van der Waals surface area contributed by atoms with Crippen molar-refractivity contribution in [1.29, 1.82) is 0 Å². The first-order valence-corrected chi connectivity index (χ1v) is 6.89. The third-order valence-electron chi connectivity index (χ3n) is 3.31. The first kappa shape index (κ1) is 14.0. The summed E-state index contributed by atoms with van der Waals surface area (Å²) in [5, 5.41) is 0. The van der Waals surface area contributed by atoms with Crippen LogP contribution in [0.15, 0.2) is 6.07 Å². The fraction of sp³-hybridized carbons (Fsp3) is 0.500. The Labute approximate surface area is 116 Å². The fourth-order valence-electron chi connectivity index (χ4n) is 2.04. The van der Waals surface area contributed by atoms with Crippen molar-refractivity contribution < 1.29 is 9.59 Å². The highest BCUT2D eigenvalue weighted by Crippen LogP contribution is 2.23. The number of likely N-dealkylation sites (N-methyl/N-ethyl adjacent to an activating group) is 1. The first-order valence-electron chi connectivity index (χ1n) is 6.08. The molecule has 0 bridgehead atoms. The van der Waals surface area contributed by atoms with E-state index in [0.717, 1.165) is 23.5 Å². The Balaban J connectivity index is 2.05. The smallest absolute Gasteiger partial charge is 0.275 e. The van der Waals surface area contributed by atoms with E-state index in [1.54, 1.807) is 4.90 Å². The zero-order valence-electron chi connectivity index (χ0n) is 11.1. The zero-order valence-corrected chi connectivity index (χ0v) is 11.9. The fourth-order valence-corrected chi connectivity index (χ4v) is 2.98. The minimum absolute atomic E-state index is 0.138. The number of aryl methyl sites for hydroxylation is 1. The molecule has 0 saturated carbocycles. The highest BCUT2D eigenvalue weighted by Gasteiger charge is 2.22. The average molecular weight is 282 g/mol. The van der Waals surface area contributed by atoms with Crippen LogP contribution in [-0.2, 0) is 11.3 Å². The third kappa shape index (κ3) is 3.12. The predicted molar refractivity (Wildman–Crippen MR) is 73.6 cm³/mol. The van der Waals surface area contributed by atoms with E-state index in [2.05, 4.69) is 10.3 Å². The molecule has 0 spiro atoms. The second-order valence-corrected chi connectivity index (χ2v) is 5.95. The number of nitrogens with one attached hydrogen (secondary N) is 1. The van der Waals surface area contributed by atoms with Gasteiger partial charge in [-0.25, -0.2) is 5.84 Å². The summed E-state index contributed by atoms with van der Waals surface area (Å²) in [6, 6.07) is 1.85. The van der Waals surface area contributed by atoms with E-state index in [0.29, 0.717) is 18.0 Å². The Morgan fingerprint density at radius 3 is 2.89 bits per heavy atom. The quantitative estimate of drug-likeness (QED) is 0.462. The molecule has 104 valence electrons. The number of carbonyl (C=O) groups excluding carboxylic acids is 2. The lowest BCUT2D eigenvalue weighted by molar-refractivity contribution is -0.134. The summed E-state index contributed by atoms with van der Waals surface area (Å²) in [7, 11) is 1.82. The van der Waals surface area contributed by atoms with Crippen LogP contribution in [0.25, 0.3) is 0 Å². The van der Waals surface area contributed by atoms with Gasteiger partial charge < -0.3 is 4.90 Å². The maximum atomic E-state index is 11.6. The van der Waals surface area contributed by atoms with Crippen LogP contribution in [0.1, 0.15) is 20.1 Å². The van der Waals surface area contributed by atoms with Crippen molar-refractivity contribution in [3.8, 4) is 0 Å². The largest absolute Gasteiger partial charge is 0.343 e. The molecule has 7 heteroatoms. The number of thiophene rings is 1. The predicted octanol–water partition coefficient (Wildman–Crippen LogP) is -0.0660. The van der Waals surface area contributed by atoms with E-state index < -0.39 is 0 Å². The Morgan fingerprint density at radius 1 is 1.53 bits per heavy atom. The van der Waals surface area contributed by atoms with Gasteiger partial charge in [-0.15, -0.1) is 11.3 Å². The van der Waals surface area contributed by atoms with E-state index in [4.69, 9.17) is 5.84 Å². The SMILES string of the molecule is Cc1sc(C(=O)NN)cc1CN1CCN(C)C(=O)C1. The van der Waals surface area contributed by atoms with Gasteiger partial charge in [0.1, 0.15) is 0 Å². The summed E-state index contributed by atoms with van der Waals surface area (Å²) in [6.07, 6.45) is 0. The lowest BCUT2D eigenvalue weighted by Crippen LogP contribution is -2.47. The van der Waals surface area contributed by atoms with E-state index in [-0.39, 0.29) is 11.8 Å². The number of rotatable bonds is 3. The van der Waals surface area contributed by atoms with E-state index in [1.165, 1.54) is 11.3 Å². The molecular weight excluding hydrogens is 264 g/mol. The molecule has 1 aromatic rings. The monoisotopic (exact) mass is 282 g/mol. The molecule has 2 rings (SSSR count). The summed E-state index contributed by atoms with van der Waals surface area (Å²) >= 11 is 1.42. The summed E-state index contributed by atoms with van der Waals surface area (Å²) < 4.78 is 0. The van der Waals surface area contributed by atoms with Crippen molar-refractivity contribution >= 4 is 23.2 Å². The standard InChI is InChI=1S/C12H18N4O2S/c1-8-9(5-10(19-8)12(18)14-13)6-16-4-3-15(2)11(17)7-16/h5H,3-4,6-7,13H2,1-2H3,(H,14,18). The van der Waals surface area contributed by atoms with Crippen LogP contribution in [-0.4, -0.2) is 48.3 Å². The van der Waals surface area contributed by atoms with Crippen molar-refractivity contribution in [2.45, 2.75) is 13.5 Å². The molecule has 1 fully saturated rings. The maximum Gasteiger partial charge on any atom is 0.275 e. The van der Waals surface area contributed by atoms with Crippen molar-refractivity contribution in [1.82, 2.24) is 15.2 Å². The number of hydrazine groups is 1. The topological polar surface area (TPSA) is 78.7 Å². The molecule has 1 saturated heterocycles. The van der Waals surface area contributed by atoms with Crippen LogP contribution in [0.5, 0.6) is 0 Å². The zero-order chi connectivity index (χ0) is 14.0. The molecule has 1 aliphatic heterocycles. The van der Waals surface area contributed by atoms with Crippen molar-refractivity contribution in [3.05, 3.63) is 21.4 Å². The molecule has 0 unspecified atom stereocenters. The Kier molecular flexibility index (Phi) is 4.18. The highest BCUT2D eigenvalue weighted by atomic mass is 32.1.